The van der Waals surface area contributed by atoms with Crippen LogP contribution in [0.1, 0.15) is 5.56 Å². The Balaban J connectivity index is 2.34. The summed E-state index contributed by atoms with van der Waals surface area (Å²) >= 11 is 8.88. The summed E-state index contributed by atoms with van der Waals surface area (Å²) in [4.78, 5) is 4.05. The first kappa shape index (κ1) is 13.1. The Morgan fingerprint density at radius 3 is 2.78 bits per heavy atom. The van der Waals surface area contributed by atoms with Gasteiger partial charge in [-0.15, -0.1) is 0 Å². The average Bonchev–Trinajstić information content (AvgIpc) is 2.31. The van der Waals surface area contributed by atoms with Crippen molar-refractivity contribution in [2.45, 2.75) is 6.92 Å². The highest BCUT2D eigenvalue weighted by molar-refractivity contribution is 9.10. The summed E-state index contributed by atoms with van der Waals surface area (Å²) < 4.78 is 19.3. The topological polar surface area (TPSA) is 48.1 Å². The van der Waals surface area contributed by atoms with Gasteiger partial charge in [-0.05, 0) is 34.5 Å². The maximum atomic E-state index is 13.3. The van der Waals surface area contributed by atoms with Crippen molar-refractivity contribution in [1.82, 2.24) is 4.98 Å². The molecule has 2 N–H and O–H groups in total. The van der Waals surface area contributed by atoms with Crippen LogP contribution in [0.3, 0.4) is 0 Å². The molecule has 0 unspecified atom stereocenters. The van der Waals surface area contributed by atoms with E-state index in [1.165, 1.54) is 12.1 Å². The van der Waals surface area contributed by atoms with Crippen molar-refractivity contribution in [1.29, 1.82) is 0 Å². The van der Waals surface area contributed by atoms with Gasteiger partial charge in [0, 0.05) is 24.0 Å². The number of benzene rings is 1. The number of nitrogens with zero attached hydrogens (tertiary/aromatic N) is 1. The number of hydrogen-bond donors (Lipinski definition) is 1. The van der Waals surface area contributed by atoms with Crippen LogP contribution in [0, 0.1) is 12.7 Å². The number of pyridine rings is 1. The number of nitrogens with two attached hydrogens (primary N) is 1. The summed E-state index contributed by atoms with van der Waals surface area (Å²) in [6.45, 7) is 1.84. The Kier molecular flexibility index (Phi) is 3.73. The normalized spacial score (nSPS) is 10.4. The molecule has 0 fully saturated rings. The van der Waals surface area contributed by atoms with Gasteiger partial charge < -0.3 is 10.5 Å². The second-order valence-corrected chi connectivity index (χ2v) is 4.94. The molecule has 0 aliphatic carbocycles. The van der Waals surface area contributed by atoms with E-state index in [4.69, 9.17) is 22.1 Å². The third kappa shape index (κ3) is 2.73. The molecule has 3 nitrogen and oxygen atoms in total. The number of nitrogen functional groups attached to an aromatic ring is 1. The van der Waals surface area contributed by atoms with Crippen LogP contribution in [0.25, 0.3) is 0 Å². The largest absolute Gasteiger partial charge is 0.438 e. The Bertz CT molecular complexity index is 607. The molecule has 0 atom stereocenters. The molecule has 0 bridgehead atoms. The smallest absolute Gasteiger partial charge is 0.221 e. The standard InChI is InChI=1S/C12H9BrClFN2O/c1-6-5-17-12(4-10(6)16)18-11-3-9(15)8(14)2-7(11)13/h2-5H,1H3,(H2,16,17). The minimum atomic E-state index is -0.560. The summed E-state index contributed by atoms with van der Waals surface area (Å²) in [5, 5.41) is 0.0191. The van der Waals surface area contributed by atoms with E-state index in [9.17, 15) is 4.39 Å². The van der Waals surface area contributed by atoms with Crippen molar-refractivity contribution in [2.75, 3.05) is 5.73 Å². The van der Waals surface area contributed by atoms with E-state index in [0.717, 1.165) is 5.56 Å². The molecule has 1 aromatic carbocycles. The molecule has 0 radical (unpaired) electrons. The highest BCUT2D eigenvalue weighted by Crippen LogP contribution is 2.33. The highest BCUT2D eigenvalue weighted by Gasteiger charge is 2.10. The zero-order chi connectivity index (χ0) is 13.3. The van der Waals surface area contributed by atoms with E-state index in [-0.39, 0.29) is 10.8 Å². The van der Waals surface area contributed by atoms with Gasteiger partial charge in [0.05, 0.1) is 9.50 Å². The number of hydrogen-bond acceptors (Lipinski definition) is 3. The van der Waals surface area contributed by atoms with Gasteiger partial charge in [-0.25, -0.2) is 9.37 Å². The molecule has 1 heterocycles. The van der Waals surface area contributed by atoms with Gasteiger partial charge in [0.2, 0.25) is 5.88 Å². The fourth-order valence-electron chi connectivity index (χ4n) is 1.27. The predicted octanol–water partition coefficient (Wildman–Crippen LogP) is 4.32. The fraction of sp³-hybridized carbons (Fsp3) is 0.0833. The van der Waals surface area contributed by atoms with Crippen LogP contribution in [-0.2, 0) is 0 Å². The molecule has 0 amide bonds. The first-order chi connectivity index (χ1) is 8.47. The van der Waals surface area contributed by atoms with Crippen molar-refractivity contribution < 1.29 is 9.13 Å². The van der Waals surface area contributed by atoms with Crippen LogP contribution in [0.15, 0.2) is 28.9 Å². The lowest BCUT2D eigenvalue weighted by atomic mass is 10.3. The lowest BCUT2D eigenvalue weighted by molar-refractivity contribution is 0.455. The maximum absolute atomic E-state index is 13.3. The monoisotopic (exact) mass is 330 g/mol. The molecule has 0 spiro atoms. The van der Waals surface area contributed by atoms with Gasteiger partial charge in [-0.2, -0.15) is 0 Å². The van der Waals surface area contributed by atoms with Crippen molar-refractivity contribution in [3.63, 3.8) is 0 Å². The van der Waals surface area contributed by atoms with Gasteiger partial charge >= 0.3 is 0 Å². The third-order valence-corrected chi connectivity index (χ3v) is 3.22. The van der Waals surface area contributed by atoms with Crippen molar-refractivity contribution in [2.24, 2.45) is 0 Å². The number of aromatic nitrogens is 1. The van der Waals surface area contributed by atoms with E-state index in [1.54, 1.807) is 12.3 Å². The summed E-state index contributed by atoms with van der Waals surface area (Å²) in [6.07, 6.45) is 1.59. The molecular weight excluding hydrogens is 323 g/mol. The molecular formula is C12H9BrClFN2O. The molecule has 6 heteroatoms. The van der Waals surface area contributed by atoms with E-state index < -0.39 is 5.82 Å². The van der Waals surface area contributed by atoms with E-state index in [1.807, 2.05) is 6.92 Å². The molecule has 94 valence electrons. The Labute approximate surface area is 117 Å². The Morgan fingerprint density at radius 2 is 2.11 bits per heavy atom. The van der Waals surface area contributed by atoms with Crippen molar-refractivity contribution in [3.8, 4) is 11.6 Å². The van der Waals surface area contributed by atoms with Crippen LogP contribution in [0.2, 0.25) is 5.02 Å². The fourth-order valence-corrected chi connectivity index (χ4v) is 1.99. The molecule has 0 aliphatic rings. The van der Waals surface area contributed by atoms with Gasteiger partial charge in [-0.3, -0.25) is 0 Å². The molecule has 18 heavy (non-hydrogen) atoms. The zero-order valence-electron chi connectivity index (χ0n) is 9.38. The summed E-state index contributed by atoms with van der Waals surface area (Å²) in [5.74, 6) is 0.0168. The van der Waals surface area contributed by atoms with Gasteiger partial charge in [0.25, 0.3) is 0 Å². The number of anilines is 1. The van der Waals surface area contributed by atoms with Gasteiger partial charge in [0.1, 0.15) is 11.6 Å². The van der Waals surface area contributed by atoms with Crippen molar-refractivity contribution >= 4 is 33.2 Å². The lowest BCUT2D eigenvalue weighted by Crippen LogP contribution is -1.95. The van der Waals surface area contributed by atoms with Gasteiger partial charge in [0.15, 0.2) is 0 Å². The molecule has 0 aliphatic heterocycles. The van der Waals surface area contributed by atoms with E-state index in [0.29, 0.717) is 16.0 Å². The molecule has 0 saturated carbocycles. The predicted molar refractivity (Wildman–Crippen MR) is 72.6 cm³/mol. The minimum absolute atomic E-state index is 0.0191. The zero-order valence-corrected chi connectivity index (χ0v) is 11.7. The Morgan fingerprint density at radius 1 is 1.39 bits per heavy atom. The Hall–Kier alpha value is -1.33. The summed E-state index contributed by atoms with van der Waals surface area (Å²) in [6, 6.07) is 4.18. The molecule has 2 aromatic rings. The second kappa shape index (κ2) is 5.12. The van der Waals surface area contributed by atoms with E-state index >= 15 is 0 Å². The number of aryl methyl sites for hydroxylation is 1. The third-order valence-electron chi connectivity index (χ3n) is 2.31. The number of ether oxygens (including phenoxy) is 1. The summed E-state index contributed by atoms with van der Waals surface area (Å²) in [7, 11) is 0. The van der Waals surface area contributed by atoms with Crippen molar-refractivity contribution in [3.05, 3.63) is 45.3 Å². The molecule has 1 aromatic heterocycles. The second-order valence-electron chi connectivity index (χ2n) is 3.68. The van der Waals surface area contributed by atoms with E-state index in [2.05, 4.69) is 20.9 Å². The number of rotatable bonds is 2. The quantitative estimate of drug-likeness (QED) is 0.834. The SMILES string of the molecule is Cc1cnc(Oc2cc(F)c(Cl)cc2Br)cc1N. The first-order valence-corrected chi connectivity index (χ1v) is 6.19. The van der Waals surface area contributed by atoms with Crippen LogP contribution in [0.5, 0.6) is 11.6 Å². The average molecular weight is 332 g/mol. The van der Waals surface area contributed by atoms with Crippen LogP contribution in [-0.4, -0.2) is 4.98 Å². The van der Waals surface area contributed by atoms with Crippen LogP contribution >= 0.6 is 27.5 Å². The lowest BCUT2D eigenvalue weighted by Gasteiger charge is -2.09. The summed E-state index contributed by atoms with van der Waals surface area (Å²) in [5.41, 5.74) is 7.15. The van der Waals surface area contributed by atoms with Crippen LogP contribution < -0.4 is 10.5 Å². The van der Waals surface area contributed by atoms with Crippen LogP contribution in [0.4, 0.5) is 10.1 Å². The van der Waals surface area contributed by atoms with Gasteiger partial charge in [-0.1, -0.05) is 11.6 Å². The highest BCUT2D eigenvalue weighted by atomic mass is 79.9. The molecule has 2 rings (SSSR count). The maximum Gasteiger partial charge on any atom is 0.221 e. The minimum Gasteiger partial charge on any atom is -0.438 e. The first-order valence-electron chi connectivity index (χ1n) is 5.02. The molecule has 0 saturated heterocycles. The number of halogens is 3.